The Morgan fingerprint density at radius 2 is 2.00 bits per heavy atom. The highest BCUT2D eigenvalue weighted by molar-refractivity contribution is 5.28. The van der Waals surface area contributed by atoms with Crippen molar-refractivity contribution in [1.29, 1.82) is 0 Å². The fourth-order valence-electron chi connectivity index (χ4n) is 3.85. The zero-order valence-corrected chi connectivity index (χ0v) is 10.1. The molecule has 3 atom stereocenters. The predicted molar refractivity (Wildman–Crippen MR) is 67.3 cm³/mol. The van der Waals surface area contributed by atoms with E-state index in [4.69, 9.17) is 0 Å². The molecule has 2 aliphatic rings. The summed E-state index contributed by atoms with van der Waals surface area (Å²) in [4.78, 5) is 0. The molecule has 0 spiro atoms. The highest BCUT2D eigenvalue weighted by atomic mass is 15.1. The molecule has 1 heteroatoms. The molecule has 0 aliphatic carbocycles. The van der Waals surface area contributed by atoms with Gasteiger partial charge in [0, 0.05) is 11.6 Å². The SMILES string of the molecule is CCC1CCC2CCC1(c1ccccc1)N2. The molecule has 16 heavy (non-hydrogen) atoms. The van der Waals surface area contributed by atoms with Crippen molar-refractivity contribution in [3.63, 3.8) is 0 Å². The van der Waals surface area contributed by atoms with E-state index in [1.165, 1.54) is 37.7 Å². The Morgan fingerprint density at radius 3 is 2.75 bits per heavy atom. The van der Waals surface area contributed by atoms with Gasteiger partial charge in [-0.25, -0.2) is 0 Å². The molecule has 0 amide bonds. The molecule has 2 heterocycles. The van der Waals surface area contributed by atoms with Crippen molar-refractivity contribution in [3.8, 4) is 0 Å². The topological polar surface area (TPSA) is 12.0 Å². The second-order valence-corrected chi connectivity index (χ2v) is 5.40. The van der Waals surface area contributed by atoms with Crippen LogP contribution in [-0.4, -0.2) is 6.04 Å². The molecule has 2 fully saturated rings. The van der Waals surface area contributed by atoms with E-state index >= 15 is 0 Å². The third-order valence-electron chi connectivity index (χ3n) is 4.69. The summed E-state index contributed by atoms with van der Waals surface area (Å²) in [6, 6.07) is 11.9. The van der Waals surface area contributed by atoms with Gasteiger partial charge in [-0.1, -0.05) is 43.7 Å². The molecule has 1 aromatic rings. The minimum absolute atomic E-state index is 0.304. The summed E-state index contributed by atoms with van der Waals surface area (Å²) >= 11 is 0. The highest BCUT2D eigenvalue weighted by Crippen LogP contribution is 2.47. The first-order chi connectivity index (χ1) is 7.85. The van der Waals surface area contributed by atoms with Crippen molar-refractivity contribution >= 4 is 0 Å². The van der Waals surface area contributed by atoms with Crippen LogP contribution in [0.5, 0.6) is 0 Å². The van der Waals surface area contributed by atoms with E-state index in [1.807, 2.05) is 0 Å². The van der Waals surface area contributed by atoms with Crippen molar-refractivity contribution in [1.82, 2.24) is 5.32 Å². The average molecular weight is 215 g/mol. The van der Waals surface area contributed by atoms with Gasteiger partial charge in [-0.3, -0.25) is 0 Å². The fourth-order valence-corrected chi connectivity index (χ4v) is 3.85. The number of benzene rings is 1. The maximum absolute atomic E-state index is 3.92. The quantitative estimate of drug-likeness (QED) is 0.796. The lowest BCUT2D eigenvalue weighted by Gasteiger charge is -2.42. The smallest absolute Gasteiger partial charge is 0.0465 e. The van der Waals surface area contributed by atoms with Crippen LogP contribution in [-0.2, 0) is 5.54 Å². The minimum atomic E-state index is 0.304. The van der Waals surface area contributed by atoms with Gasteiger partial charge in [0.05, 0.1) is 0 Å². The fraction of sp³-hybridized carbons (Fsp3) is 0.600. The first-order valence-electron chi connectivity index (χ1n) is 6.68. The molecule has 2 saturated heterocycles. The molecular weight excluding hydrogens is 194 g/mol. The molecule has 0 radical (unpaired) electrons. The van der Waals surface area contributed by atoms with Crippen molar-refractivity contribution in [2.75, 3.05) is 0 Å². The van der Waals surface area contributed by atoms with E-state index in [1.54, 1.807) is 0 Å². The lowest BCUT2D eigenvalue weighted by Crippen LogP contribution is -2.50. The average Bonchev–Trinajstić information content (AvgIpc) is 2.70. The van der Waals surface area contributed by atoms with Crippen LogP contribution in [0.25, 0.3) is 0 Å². The lowest BCUT2D eigenvalue weighted by molar-refractivity contribution is 0.169. The van der Waals surface area contributed by atoms with Crippen LogP contribution in [0.4, 0.5) is 0 Å². The van der Waals surface area contributed by atoms with Crippen LogP contribution < -0.4 is 5.32 Å². The second kappa shape index (κ2) is 3.89. The predicted octanol–water partition coefficient (Wildman–Crippen LogP) is 3.45. The number of hydrogen-bond donors (Lipinski definition) is 1. The third-order valence-corrected chi connectivity index (χ3v) is 4.69. The van der Waals surface area contributed by atoms with Gasteiger partial charge in [0.25, 0.3) is 0 Å². The molecule has 1 aromatic carbocycles. The second-order valence-electron chi connectivity index (χ2n) is 5.40. The van der Waals surface area contributed by atoms with Crippen LogP contribution in [0.3, 0.4) is 0 Å². The molecule has 3 unspecified atom stereocenters. The highest BCUT2D eigenvalue weighted by Gasteiger charge is 2.47. The van der Waals surface area contributed by atoms with Crippen LogP contribution in [0.15, 0.2) is 30.3 Å². The van der Waals surface area contributed by atoms with Crippen LogP contribution in [0, 0.1) is 5.92 Å². The van der Waals surface area contributed by atoms with E-state index in [9.17, 15) is 0 Å². The zero-order chi connectivity index (χ0) is 11.0. The molecule has 2 aliphatic heterocycles. The van der Waals surface area contributed by atoms with Gasteiger partial charge < -0.3 is 5.32 Å². The summed E-state index contributed by atoms with van der Waals surface area (Å²) in [6.45, 7) is 2.34. The Morgan fingerprint density at radius 1 is 1.19 bits per heavy atom. The van der Waals surface area contributed by atoms with Gasteiger partial charge in [0.2, 0.25) is 0 Å². The first kappa shape index (κ1) is 10.3. The molecule has 3 rings (SSSR count). The molecular formula is C15H21N. The summed E-state index contributed by atoms with van der Waals surface area (Å²) in [5.74, 6) is 0.827. The van der Waals surface area contributed by atoms with Crippen LogP contribution in [0.2, 0.25) is 0 Å². The van der Waals surface area contributed by atoms with Gasteiger partial charge in [0.15, 0.2) is 0 Å². The van der Waals surface area contributed by atoms with E-state index in [0.717, 1.165) is 12.0 Å². The number of hydrogen-bond acceptors (Lipinski definition) is 1. The van der Waals surface area contributed by atoms with E-state index < -0.39 is 0 Å². The summed E-state index contributed by atoms with van der Waals surface area (Å²) in [6.07, 6.45) is 6.79. The number of fused-ring (bicyclic) bond motifs is 2. The van der Waals surface area contributed by atoms with E-state index in [2.05, 4.69) is 42.6 Å². The van der Waals surface area contributed by atoms with Crippen LogP contribution >= 0.6 is 0 Å². The summed E-state index contributed by atoms with van der Waals surface area (Å²) in [5.41, 5.74) is 1.82. The Bertz CT molecular complexity index is 359. The molecule has 0 saturated carbocycles. The van der Waals surface area contributed by atoms with Gasteiger partial charge in [0.1, 0.15) is 0 Å². The molecule has 86 valence electrons. The van der Waals surface area contributed by atoms with E-state index in [-0.39, 0.29) is 0 Å². The largest absolute Gasteiger partial charge is 0.304 e. The summed E-state index contributed by atoms with van der Waals surface area (Å²) in [5, 5.41) is 3.92. The van der Waals surface area contributed by atoms with Gasteiger partial charge in [-0.2, -0.15) is 0 Å². The van der Waals surface area contributed by atoms with Crippen molar-refractivity contribution in [3.05, 3.63) is 35.9 Å². The summed E-state index contributed by atoms with van der Waals surface area (Å²) in [7, 11) is 0. The van der Waals surface area contributed by atoms with Gasteiger partial charge in [-0.05, 0) is 37.2 Å². The molecule has 1 N–H and O–H groups in total. The monoisotopic (exact) mass is 215 g/mol. The van der Waals surface area contributed by atoms with Crippen molar-refractivity contribution in [2.24, 2.45) is 5.92 Å². The Balaban J connectivity index is 2.01. The number of piperidine rings is 1. The third kappa shape index (κ3) is 1.41. The molecule has 2 bridgehead atoms. The Hall–Kier alpha value is -0.820. The minimum Gasteiger partial charge on any atom is -0.304 e. The molecule has 1 nitrogen and oxygen atoms in total. The Labute approximate surface area is 98.3 Å². The maximum Gasteiger partial charge on any atom is 0.0465 e. The van der Waals surface area contributed by atoms with Gasteiger partial charge in [-0.15, -0.1) is 0 Å². The van der Waals surface area contributed by atoms with Crippen molar-refractivity contribution < 1.29 is 0 Å². The van der Waals surface area contributed by atoms with E-state index in [0.29, 0.717) is 5.54 Å². The zero-order valence-electron chi connectivity index (χ0n) is 10.1. The number of nitrogens with one attached hydrogen (secondary N) is 1. The standard InChI is InChI=1S/C15H21N/c1-2-12-8-9-14-10-11-15(12,16-14)13-6-4-3-5-7-13/h3-7,12,14,16H,2,8-11H2,1H3. The number of rotatable bonds is 2. The summed E-state index contributed by atoms with van der Waals surface area (Å²) < 4.78 is 0. The Kier molecular flexibility index (Phi) is 2.51. The van der Waals surface area contributed by atoms with Crippen molar-refractivity contribution in [2.45, 2.75) is 50.6 Å². The lowest BCUT2D eigenvalue weighted by atomic mass is 9.73. The molecule has 0 aromatic heterocycles. The van der Waals surface area contributed by atoms with Crippen LogP contribution in [0.1, 0.15) is 44.6 Å². The normalized spacial score (nSPS) is 37.6. The maximum atomic E-state index is 3.92. The van der Waals surface area contributed by atoms with Gasteiger partial charge >= 0.3 is 0 Å². The first-order valence-corrected chi connectivity index (χ1v) is 6.68.